The average Bonchev–Trinajstić information content (AvgIpc) is 2.87. The van der Waals surface area contributed by atoms with Crippen molar-refractivity contribution in [1.82, 2.24) is 10.3 Å². The Morgan fingerprint density at radius 1 is 1.35 bits per heavy atom. The zero-order chi connectivity index (χ0) is 14.4. The van der Waals surface area contributed by atoms with E-state index in [0.717, 1.165) is 29.4 Å². The maximum Gasteiger partial charge on any atom is 0.119 e. The highest BCUT2D eigenvalue weighted by molar-refractivity contribution is 7.09. The Balaban J connectivity index is 2.28. The van der Waals surface area contributed by atoms with E-state index in [4.69, 9.17) is 4.74 Å². The van der Waals surface area contributed by atoms with Crippen molar-refractivity contribution >= 4 is 11.3 Å². The summed E-state index contributed by atoms with van der Waals surface area (Å²) in [6, 6.07) is 8.41. The van der Waals surface area contributed by atoms with Crippen LogP contribution in [0.5, 0.6) is 5.75 Å². The fourth-order valence-electron chi connectivity index (χ4n) is 2.15. The number of rotatable bonds is 7. The molecule has 0 fully saturated rings. The van der Waals surface area contributed by atoms with E-state index in [1.165, 1.54) is 5.56 Å². The van der Waals surface area contributed by atoms with Crippen molar-refractivity contribution in [2.24, 2.45) is 0 Å². The summed E-state index contributed by atoms with van der Waals surface area (Å²) in [6.45, 7) is 7.88. The summed E-state index contributed by atoms with van der Waals surface area (Å²) < 4.78 is 5.60. The third-order valence-electron chi connectivity index (χ3n) is 3.03. The van der Waals surface area contributed by atoms with E-state index < -0.39 is 0 Å². The first-order valence-electron chi connectivity index (χ1n) is 7.12. The molecule has 108 valence electrons. The lowest BCUT2D eigenvalue weighted by atomic mass is 10.0. The van der Waals surface area contributed by atoms with E-state index in [1.54, 1.807) is 11.3 Å². The normalized spacial score (nSPS) is 12.3. The first-order valence-corrected chi connectivity index (χ1v) is 8.00. The summed E-state index contributed by atoms with van der Waals surface area (Å²) >= 11 is 1.69. The second-order valence-electron chi connectivity index (χ2n) is 4.68. The number of aromatic nitrogens is 1. The lowest BCUT2D eigenvalue weighted by Crippen LogP contribution is -2.23. The van der Waals surface area contributed by atoms with E-state index in [0.29, 0.717) is 6.61 Å². The number of benzene rings is 1. The predicted octanol–water partition coefficient (Wildman–Crippen LogP) is 3.94. The van der Waals surface area contributed by atoms with Crippen LogP contribution in [-0.4, -0.2) is 18.1 Å². The van der Waals surface area contributed by atoms with Gasteiger partial charge in [0.2, 0.25) is 0 Å². The van der Waals surface area contributed by atoms with Crippen molar-refractivity contribution in [2.45, 2.75) is 33.2 Å². The van der Waals surface area contributed by atoms with Gasteiger partial charge in [0, 0.05) is 5.38 Å². The molecule has 0 amide bonds. The van der Waals surface area contributed by atoms with Crippen molar-refractivity contribution in [3.8, 4) is 5.75 Å². The van der Waals surface area contributed by atoms with Gasteiger partial charge in [-0.25, -0.2) is 4.98 Å². The van der Waals surface area contributed by atoms with Gasteiger partial charge in [-0.3, -0.25) is 0 Å². The molecule has 0 saturated carbocycles. The molecule has 1 atom stereocenters. The molecule has 0 aliphatic heterocycles. The van der Waals surface area contributed by atoms with Crippen LogP contribution in [0.2, 0.25) is 0 Å². The summed E-state index contributed by atoms with van der Waals surface area (Å²) in [7, 11) is 0. The Morgan fingerprint density at radius 2 is 2.20 bits per heavy atom. The van der Waals surface area contributed by atoms with Crippen LogP contribution in [0.1, 0.15) is 42.6 Å². The van der Waals surface area contributed by atoms with E-state index in [9.17, 15) is 0 Å². The lowest BCUT2D eigenvalue weighted by molar-refractivity contribution is 0.339. The number of ether oxygens (including phenoxy) is 1. The molecule has 2 rings (SSSR count). The standard InChI is InChI=1S/C16H22N2OS/c1-4-9-17-16(15-11-20-12(3)18-15)13-7-6-8-14(10-13)19-5-2/h6-8,10-11,16-17H,4-5,9H2,1-3H3. The number of nitrogens with zero attached hydrogens (tertiary/aromatic N) is 1. The van der Waals surface area contributed by atoms with Crippen molar-refractivity contribution in [3.63, 3.8) is 0 Å². The van der Waals surface area contributed by atoms with Gasteiger partial charge in [-0.2, -0.15) is 0 Å². The molecule has 0 saturated heterocycles. The average molecular weight is 290 g/mol. The molecule has 1 unspecified atom stereocenters. The molecule has 20 heavy (non-hydrogen) atoms. The molecule has 4 heteroatoms. The van der Waals surface area contributed by atoms with Gasteiger partial charge < -0.3 is 10.1 Å². The minimum absolute atomic E-state index is 0.139. The zero-order valence-corrected chi connectivity index (χ0v) is 13.2. The third kappa shape index (κ3) is 3.81. The van der Waals surface area contributed by atoms with E-state index in [-0.39, 0.29) is 6.04 Å². The number of thiazole rings is 1. The number of nitrogens with one attached hydrogen (secondary N) is 1. The Morgan fingerprint density at radius 3 is 2.85 bits per heavy atom. The minimum atomic E-state index is 0.139. The smallest absolute Gasteiger partial charge is 0.119 e. The third-order valence-corrected chi connectivity index (χ3v) is 3.83. The second kappa shape index (κ2) is 7.41. The van der Waals surface area contributed by atoms with Crippen molar-refractivity contribution in [2.75, 3.05) is 13.2 Å². The van der Waals surface area contributed by atoms with Crippen LogP contribution in [-0.2, 0) is 0 Å². The van der Waals surface area contributed by atoms with Gasteiger partial charge in [0.25, 0.3) is 0 Å². The van der Waals surface area contributed by atoms with E-state index in [1.807, 2.05) is 26.0 Å². The Bertz CT molecular complexity index is 539. The monoisotopic (exact) mass is 290 g/mol. The topological polar surface area (TPSA) is 34.1 Å². The highest BCUT2D eigenvalue weighted by atomic mass is 32.1. The maximum atomic E-state index is 5.60. The van der Waals surface area contributed by atoms with Crippen LogP contribution < -0.4 is 10.1 Å². The lowest BCUT2D eigenvalue weighted by Gasteiger charge is -2.18. The summed E-state index contributed by atoms with van der Waals surface area (Å²) in [6.07, 6.45) is 1.10. The number of aryl methyl sites for hydroxylation is 1. The predicted molar refractivity (Wildman–Crippen MR) is 84.6 cm³/mol. The molecule has 2 aromatic rings. The quantitative estimate of drug-likeness (QED) is 0.838. The molecule has 0 aliphatic rings. The highest BCUT2D eigenvalue weighted by Crippen LogP contribution is 2.26. The molecule has 1 N–H and O–H groups in total. The van der Waals surface area contributed by atoms with Crippen LogP contribution >= 0.6 is 11.3 Å². The van der Waals surface area contributed by atoms with Crippen LogP contribution in [0.15, 0.2) is 29.6 Å². The molecule has 0 aliphatic carbocycles. The molecule has 1 aromatic heterocycles. The first-order chi connectivity index (χ1) is 9.74. The van der Waals surface area contributed by atoms with Gasteiger partial charge in [0.05, 0.1) is 23.4 Å². The van der Waals surface area contributed by atoms with Gasteiger partial charge in [-0.05, 0) is 44.5 Å². The molecular formula is C16H22N2OS. The molecule has 1 aromatic carbocycles. The van der Waals surface area contributed by atoms with Gasteiger partial charge in [-0.15, -0.1) is 11.3 Å². The molecule has 0 bridgehead atoms. The summed E-state index contributed by atoms with van der Waals surface area (Å²) in [4.78, 5) is 4.63. The number of hydrogen-bond acceptors (Lipinski definition) is 4. The highest BCUT2D eigenvalue weighted by Gasteiger charge is 2.16. The van der Waals surface area contributed by atoms with Crippen LogP contribution in [0.4, 0.5) is 0 Å². The molecule has 0 radical (unpaired) electrons. The number of hydrogen-bond donors (Lipinski definition) is 1. The van der Waals surface area contributed by atoms with Crippen molar-refractivity contribution < 1.29 is 4.74 Å². The maximum absolute atomic E-state index is 5.60. The van der Waals surface area contributed by atoms with E-state index in [2.05, 4.69) is 34.7 Å². The second-order valence-corrected chi connectivity index (χ2v) is 5.75. The fourth-order valence-corrected chi connectivity index (χ4v) is 2.78. The zero-order valence-electron chi connectivity index (χ0n) is 12.3. The van der Waals surface area contributed by atoms with Gasteiger partial charge in [0.1, 0.15) is 5.75 Å². The summed E-state index contributed by atoms with van der Waals surface area (Å²) in [5.74, 6) is 0.917. The van der Waals surface area contributed by atoms with E-state index >= 15 is 0 Å². The minimum Gasteiger partial charge on any atom is -0.494 e. The largest absolute Gasteiger partial charge is 0.494 e. The van der Waals surface area contributed by atoms with Crippen molar-refractivity contribution in [1.29, 1.82) is 0 Å². The Kier molecular flexibility index (Phi) is 5.56. The van der Waals surface area contributed by atoms with Crippen LogP contribution in [0.25, 0.3) is 0 Å². The molecule has 1 heterocycles. The summed E-state index contributed by atoms with van der Waals surface area (Å²) in [5.41, 5.74) is 2.30. The van der Waals surface area contributed by atoms with Crippen LogP contribution in [0.3, 0.4) is 0 Å². The van der Waals surface area contributed by atoms with Crippen molar-refractivity contribution in [3.05, 3.63) is 45.9 Å². The molecule has 3 nitrogen and oxygen atoms in total. The SMILES string of the molecule is CCCNC(c1cccc(OCC)c1)c1csc(C)n1. The van der Waals surface area contributed by atoms with Gasteiger partial charge in [0.15, 0.2) is 0 Å². The summed E-state index contributed by atoms with van der Waals surface area (Å²) in [5, 5.41) is 6.81. The van der Waals surface area contributed by atoms with Crippen LogP contribution in [0, 0.1) is 6.92 Å². The van der Waals surface area contributed by atoms with Gasteiger partial charge in [-0.1, -0.05) is 19.1 Å². The molecular weight excluding hydrogens is 268 g/mol. The molecule has 0 spiro atoms. The fraction of sp³-hybridized carbons (Fsp3) is 0.438. The first kappa shape index (κ1) is 15.0. The van der Waals surface area contributed by atoms with Gasteiger partial charge >= 0.3 is 0 Å². The Hall–Kier alpha value is -1.39. The Labute approximate surface area is 125 Å².